The zero-order valence-electron chi connectivity index (χ0n) is 12.4. The number of carbonyl (C=O) groups is 1. The summed E-state index contributed by atoms with van der Waals surface area (Å²) >= 11 is 3.43. The van der Waals surface area contributed by atoms with E-state index in [4.69, 9.17) is 0 Å². The average Bonchev–Trinajstić information content (AvgIpc) is 2.83. The SMILES string of the molecule is O=C(CCN1CCCN2CCCC2C1)c1cccc(Br)c1. The number of fused-ring (bicyclic) bond motifs is 1. The number of benzene rings is 1. The van der Waals surface area contributed by atoms with Crippen LogP contribution < -0.4 is 0 Å². The number of rotatable bonds is 4. The van der Waals surface area contributed by atoms with Gasteiger partial charge in [-0.05, 0) is 51.0 Å². The standard InChI is InChI=1S/C17H23BrN2O/c18-15-5-1-4-14(12-15)17(21)7-11-19-8-3-10-20-9-2-6-16(20)13-19/h1,4-5,12,16H,2-3,6-11,13H2. The molecule has 3 nitrogen and oxygen atoms in total. The quantitative estimate of drug-likeness (QED) is 0.779. The Hall–Kier alpha value is -0.710. The van der Waals surface area contributed by atoms with Gasteiger partial charge in [-0.3, -0.25) is 9.69 Å². The molecule has 2 aliphatic heterocycles. The van der Waals surface area contributed by atoms with Crippen LogP contribution in [0.3, 0.4) is 0 Å². The van der Waals surface area contributed by atoms with Crippen molar-refractivity contribution in [3.8, 4) is 0 Å². The van der Waals surface area contributed by atoms with Gasteiger partial charge in [-0.15, -0.1) is 0 Å². The summed E-state index contributed by atoms with van der Waals surface area (Å²) in [5, 5.41) is 0. The molecule has 3 rings (SSSR count). The lowest BCUT2D eigenvalue weighted by molar-refractivity contribution is 0.0961. The Morgan fingerprint density at radius 2 is 2.10 bits per heavy atom. The molecule has 0 aliphatic carbocycles. The molecule has 0 amide bonds. The molecule has 0 bridgehead atoms. The Morgan fingerprint density at radius 1 is 1.24 bits per heavy atom. The number of nitrogens with zero attached hydrogens (tertiary/aromatic N) is 2. The van der Waals surface area contributed by atoms with Gasteiger partial charge in [-0.1, -0.05) is 28.1 Å². The fourth-order valence-electron chi connectivity index (χ4n) is 3.55. The van der Waals surface area contributed by atoms with Gasteiger partial charge in [-0.2, -0.15) is 0 Å². The molecule has 2 heterocycles. The summed E-state index contributed by atoms with van der Waals surface area (Å²) in [5.74, 6) is 0.254. The Bertz CT molecular complexity index is 505. The molecular formula is C17H23BrN2O. The summed E-state index contributed by atoms with van der Waals surface area (Å²) in [7, 11) is 0. The summed E-state index contributed by atoms with van der Waals surface area (Å²) in [4.78, 5) is 17.4. The Morgan fingerprint density at radius 3 is 2.95 bits per heavy atom. The second-order valence-electron chi connectivity index (χ2n) is 6.17. The third-order valence-electron chi connectivity index (χ3n) is 4.69. The van der Waals surface area contributed by atoms with E-state index in [1.54, 1.807) is 0 Å². The van der Waals surface area contributed by atoms with Crippen LogP contribution in [0.2, 0.25) is 0 Å². The van der Waals surface area contributed by atoms with Gasteiger partial charge in [0, 0.05) is 35.6 Å². The third kappa shape index (κ3) is 3.93. The lowest BCUT2D eigenvalue weighted by Crippen LogP contribution is -2.37. The molecule has 0 spiro atoms. The van der Waals surface area contributed by atoms with Crippen molar-refractivity contribution in [3.63, 3.8) is 0 Å². The van der Waals surface area contributed by atoms with E-state index in [9.17, 15) is 4.79 Å². The summed E-state index contributed by atoms with van der Waals surface area (Å²) in [6.07, 6.45) is 4.54. The largest absolute Gasteiger partial charge is 0.301 e. The number of hydrogen-bond donors (Lipinski definition) is 0. The predicted octanol–water partition coefficient (Wildman–Crippen LogP) is 3.19. The van der Waals surface area contributed by atoms with E-state index in [0.717, 1.165) is 35.7 Å². The second-order valence-corrected chi connectivity index (χ2v) is 7.09. The fourth-order valence-corrected chi connectivity index (χ4v) is 3.95. The molecule has 1 unspecified atom stereocenters. The van der Waals surface area contributed by atoms with Gasteiger partial charge in [0.05, 0.1) is 0 Å². The predicted molar refractivity (Wildman–Crippen MR) is 88.7 cm³/mol. The number of ketones is 1. The van der Waals surface area contributed by atoms with E-state index < -0.39 is 0 Å². The van der Waals surface area contributed by atoms with Gasteiger partial charge in [0.25, 0.3) is 0 Å². The average molecular weight is 351 g/mol. The van der Waals surface area contributed by atoms with Crippen molar-refractivity contribution in [1.82, 2.24) is 9.80 Å². The maximum absolute atomic E-state index is 12.3. The maximum Gasteiger partial charge on any atom is 0.164 e. The highest BCUT2D eigenvalue weighted by molar-refractivity contribution is 9.10. The smallest absolute Gasteiger partial charge is 0.164 e. The first kappa shape index (κ1) is 15.2. The van der Waals surface area contributed by atoms with E-state index in [2.05, 4.69) is 25.7 Å². The molecular weight excluding hydrogens is 328 g/mol. The number of halogens is 1. The molecule has 1 aromatic rings. The first-order chi connectivity index (χ1) is 10.2. The van der Waals surface area contributed by atoms with Gasteiger partial charge in [0.2, 0.25) is 0 Å². The zero-order valence-corrected chi connectivity index (χ0v) is 14.0. The lowest BCUT2D eigenvalue weighted by Gasteiger charge is -2.25. The minimum absolute atomic E-state index is 0.254. The molecule has 0 saturated carbocycles. The Kier molecular flexibility index (Phi) is 5.09. The van der Waals surface area contributed by atoms with Crippen LogP contribution in [0.4, 0.5) is 0 Å². The molecule has 0 N–H and O–H groups in total. The minimum atomic E-state index is 0.254. The molecule has 114 valence electrons. The van der Waals surface area contributed by atoms with Crippen LogP contribution in [0.1, 0.15) is 36.0 Å². The summed E-state index contributed by atoms with van der Waals surface area (Å²) in [6, 6.07) is 8.45. The van der Waals surface area contributed by atoms with Gasteiger partial charge in [0.15, 0.2) is 5.78 Å². The molecule has 0 aromatic heterocycles. The zero-order chi connectivity index (χ0) is 14.7. The van der Waals surface area contributed by atoms with Crippen LogP contribution in [0.5, 0.6) is 0 Å². The molecule has 1 aromatic carbocycles. The van der Waals surface area contributed by atoms with E-state index in [-0.39, 0.29) is 5.78 Å². The van der Waals surface area contributed by atoms with E-state index in [1.807, 2.05) is 24.3 Å². The lowest BCUT2D eigenvalue weighted by atomic mass is 10.1. The Labute approximate surface area is 135 Å². The van der Waals surface area contributed by atoms with Crippen LogP contribution >= 0.6 is 15.9 Å². The monoisotopic (exact) mass is 350 g/mol. The third-order valence-corrected chi connectivity index (χ3v) is 5.18. The van der Waals surface area contributed by atoms with Crippen molar-refractivity contribution in [3.05, 3.63) is 34.3 Å². The molecule has 2 aliphatic rings. The van der Waals surface area contributed by atoms with Crippen LogP contribution in [-0.2, 0) is 0 Å². The first-order valence-electron chi connectivity index (χ1n) is 7.97. The number of hydrogen-bond acceptors (Lipinski definition) is 3. The highest BCUT2D eigenvalue weighted by atomic mass is 79.9. The van der Waals surface area contributed by atoms with Crippen LogP contribution in [0.25, 0.3) is 0 Å². The van der Waals surface area contributed by atoms with Gasteiger partial charge >= 0.3 is 0 Å². The van der Waals surface area contributed by atoms with Crippen molar-refractivity contribution in [2.75, 3.05) is 32.7 Å². The molecule has 4 heteroatoms. The highest BCUT2D eigenvalue weighted by Gasteiger charge is 2.28. The highest BCUT2D eigenvalue weighted by Crippen LogP contribution is 2.21. The van der Waals surface area contributed by atoms with Crippen molar-refractivity contribution < 1.29 is 4.79 Å². The molecule has 2 saturated heterocycles. The van der Waals surface area contributed by atoms with E-state index in [1.165, 1.54) is 32.4 Å². The molecule has 0 radical (unpaired) electrons. The normalized spacial score (nSPS) is 23.8. The minimum Gasteiger partial charge on any atom is -0.301 e. The second kappa shape index (κ2) is 7.03. The summed E-state index contributed by atoms with van der Waals surface area (Å²) < 4.78 is 0.977. The van der Waals surface area contributed by atoms with Crippen LogP contribution in [0, 0.1) is 0 Å². The van der Waals surface area contributed by atoms with Crippen molar-refractivity contribution in [2.24, 2.45) is 0 Å². The van der Waals surface area contributed by atoms with Crippen LogP contribution in [-0.4, -0.2) is 54.3 Å². The number of Topliss-reactive ketones (excluding diaryl/α,β-unsaturated/α-hetero) is 1. The summed E-state index contributed by atoms with van der Waals surface area (Å²) in [6.45, 7) is 5.69. The van der Waals surface area contributed by atoms with E-state index >= 15 is 0 Å². The Balaban J connectivity index is 1.53. The first-order valence-corrected chi connectivity index (χ1v) is 8.77. The van der Waals surface area contributed by atoms with Gasteiger partial charge in [-0.25, -0.2) is 0 Å². The topological polar surface area (TPSA) is 23.6 Å². The molecule has 2 fully saturated rings. The summed E-state index contributed by atoms with van der Waals surface area (Å²) in [5.41, 5.74) is 0.821. The van der Waals surface area contributed by atoms with Gasteiger partial charge in [0.1, 0.15) is 0 Å². The van der Waals surface area contributed by atoms with Gasteiger partial charge < -0.3 is 4.90 Å². The number of carbonyl (C=O) groups excluding carboxylic acids is 1. The van der Waals surface area contributed by atoms with Crippen molar-refractivity contribution >= 4 is 21.7 Å². The van der Waals surface area contributed by atoms with Crippen molar-refractivity contribution in [2.45, 2.75) is 31.7 Å². The van der Waals surface area contributed by atoms with Crippen molar-refractivity contribution in [1.29, 1.82) is 0 Å². The maximum atomic E-state index is 12.3. The molecule has 1 atom stereocenters. The fraction of sp³-hybridized carbons (Fsp3) is 0.588. The molecule has 21 heavy (non-hydrogen) atoms. The van der Waals surface area contributed by atoms with E-state index in [0.29, 0.717) is 6.42 Å². The van der Waals surface area contributed by atoms with Crippen LogP contribution in [0.15, 0.2) is 28.7 Å².